The van der Waals surface area contributed by atoms with Crippen molar-refractivity contribution in [1.82, 2.24) is 4.72 Å². The lowest BCUT2D eigenvalue weighted by Crippen LogP contribution is -2.26. The van der Waals surface area contributed by atoms with Gasteiger partial charge >= 0.3 is 5.97 Å². The highest BCUT2D eigenvalue weighted by Gasteiger charge is 2.19. The Balaban J connectivity index is 1.64. The molecular formula is C26H30N2O7S. The summed E-state index contributed by atoms with van der Waals surface area (Å²) in [7, 11) is 0.812. The molecule has 0 atom stereocenters. The van der Waals surface area contributed by atoms with Gasteiger partial charge in [-0.15, -0.1) is 0 Å². The Morgan fingerprint density at radius 2 is 1.47 bits per heavy atom. The highest BCUT2D eigenvalue weighted by molar-refractivity contribution is 7.89. The molecule has 0 aliphatic heterocycles. The second-order valence-corrected chi connectivity index (χ2v) is 9.64. The number of anilines is 1. The number of hydrogen-bond donors (Lipinski definition) is 3. The maximum absolute atomic E-state index is 12.8. The average Bonchev–Trinajstić information content (AvgIpc) is 2.88. The Morgan fingerprint density at radius 3 is 2.11 bits per heavy atom. The van der Waals surface area contributed by atoms with E-state index in [0.29, 0.717) is 36.6 Å². The number of aromatic carboxylic acids is 1. The molecule has 10 heteroatoms. The quantitative estimate of drug-likeness (QED) is 0.316. The van der Waals surface area contributed by atoms with Crippen molar-refractivity contribution in [3.05, 3.63) is 77.4 Å². The number of benzene rings is 3. The summed E-state index contributed by atoms with van der Waals surface area (Å²) >= 11 is 0. The van der Waals surface area contributed by atoms with E-state index in [2.05, 4.69) is 10.0 Å². The zero-order valence-electron chi connectivity index (χ0n) is 20.4. The number of nitrogens with one attached hydrogen (secondary N) is 2. The minimum Gasteiger partial charge on any atom is -0.497 e. The minimum atomic E-state index is -3.89. The zero-order valence-corrected chi connectivity index (χ0v) is 21.2. The molecule has 0 saturated carbocycles. The molecule has 192 valence electrons. The molecule has 36 heavy (non-hydrogen) atoms. The van der Waals surface area contributed by atoms with Crippen LogP contribution in [0, 0.1) is 0 Å². The molecule has 0 radical (unpaired) electrons. The third kappa shape index (κ3) is 6.89. The molecule has 0 spiro atoms. The first-order valence-corrected chi connectivity index (χ1v) is 12.7. The first-order valence-electron chi connectivity index (χ1n) is 11.2. The van der Waals surface area contributed by atoms with Gasteiger partial charge in [0.25, 0.3) is 0 Å². The van der Waals surface area contributed by atoms with E-state index in [1.807, 2.05) is 24.3 Å². The summed E-state index contributed by atoms with van der Waals surface area (Å²) in [4.78, 5) is 11.7. The predicted molar refractivity (Wildman–Crippen MR) is 137 cm³/mol. The van der Waals surface area contributed by atoms with Crippen molar-refractivity contribution < 1.29 is 32.5 Å². The third-order valence-corrected chi connectivity index (χ3v) is 7.03. The van der Waals surface area contributed by atoms with Crippen molar-refractivity contribution in [2.24, 2.45) is 0 Å². The zero-order chi connectivity index (χ0) is 26.1. The molecule has 0 bridgehead atoms. The fourth-order valence-electron chi connectivity index (χ4n) is 3.60. The molecule has 0 amide bonds. The SMILES string of the molecule is COc1ccc(CCNS(=O)(=O)c2ccc(NCCc3ccc(OC)c(OC)c3)c(C(=O)O)c2)cc1. The van der Waals surface area contributed by atoms with Gasteiger partial charge in [-0.3, -0.25) is 0 Å². The van der Waals surface area contributed by atoms with E-state index in [4.69, 9.17) is 14.2 Å². The number of methoxy groups -OCH3 is 3. The molecule has 0 unspecified atom stereocenters. The molecule has 0 saturated heterocycles. The van der Waals surface area contributed by atoms with Crippen LogP contribution in [0.3, 0.4) is 0 Å². The van der Waals surface area contributed by atoms with E-state index in [0.717, 1.165) is 22.9 Å². The van der Waals surface area contributed by atoms with Gasteiger partial charge in [0.1, 0.15) is 5.75 Å². The summed E-state index contributed by atoms with van der Waals surface area (Å²) in [5.41, 5.74) is 2.12. The van der Waals surface area contributed by atoms with E-state index >= 15 is 0 Å². The van der Waals surface area contributed by atoms with Crippen molar-refractivity contribution in [3.8, 4) is 17.2 Å². The molecule has 0 aliphatic rings. The molecule has 3 rings (SSSR count). The van der Waals surface area contributed by atoms with Gasteiger partial charge < -0.3 is 24.6 Å². The monoisotopic (exact) mass is 514 g/mol. The van der Waals surface area contributed by atoms with Crippen molar-refractivity contribution >= 4 is 21.7 Å². The molecule has 0 heterocycles. The van der Waals surface area contributed by atoms with Crippen LogP contribution in [0.1, 0.15) is 21.5 Å². The second-order valence-electron chi connectivity index (χ2n) is 7.87. The van der Waals surface area contributed by atoms with Gasteiger partial charge in [-0.1, -0.05) is 18.2 Å². The van der Waals surface area contributed by atoms with Crippen LogP contribution in [0.2, 0.25) is 0 Å². The smallest absolute Gasteiger partial charge is 0.337 e. The number of sulfonamides is 1. The molecule has 3 aromatic carbocycles. The van der Waals surface area contributed by atoms with Gasteiger partial charge in [0.05, 0.1) is 31.8 Å². The van der Waals surface area contributed by atoms with Crippen LogP contribution in [0.5, 0.6) is 17.2 Å². The first kappa shape index (κ1) is 26.8. The summed E-state index contributed by atoms with van der Waals surface area (Å²) in [6.07, 6.45) is 1.07. The Bertz CT molecular complexity index is 1290. The van der Waals surface area contributed by atoms with Crippen LogP contribution in [0.15, 0.2) is 65.6 Å². The highest BCUT2D eigenvalue weighted by atomic mass is 32.2. The van der Waals surface area contributed by atoms with Gasteiger partial charge in [-0.2, -0.15) is 0 Å². The van der Waals surface area contributed by atoms with Gasteiger partial charge in [-0.05, 0) is 66.4 Å². The fraction of sp³-hybridized carbons (Fsp3) is 0.269. The molecule has 0 fully saturated rings. The van der Waals surface area contributed by atoms with E-state index in [1.165, 1.54) is 12.1 Å². The number of carboxylic acid groups (broad SMARTS) is 1. The summed E-state index contributed by atoms with van der Waals surface area (Å²) in [5.74, 6) is 0.726. The van der Waals surface area contributed by atoms with Crippen LogP contribution in [0.25, 0.3) is 0 Å². The van der Waals surface area contributed by atoms with Crippen LogP contribution < -0.4 is 24.2 Å². The average molecular weight is 515 g/mol. The van der Waals surface area contributed by atoms with Gasteiger partial charge in [-0.25, -0.2) is 17.9 Å². The fourth-order valence-corrected chi connectivity index (χ4v) is 4.66. The topological polar surface area (TPSA) is 123 Å². The predicted octanol–water partition coefficient (Wildman–Crippen LogP) is 3.59. The Kier molecular flexibility index (Phi) is 9.15. The van der Waals surface area contributed by atoms with E-state index < -0.39 is 16.0 Å². The normalized spacial score (nSPS) is 11.1. The number of hydrogen-bond acceptors (Lipinski definition) is 7. The van der Waals surface area contributed by atoms with Crippen LogP contribution in [-0.2, 0) is 22.9 Å². The summed E-state index contributed by atoms with van der Waals surface area (Å²) in [6, 6.07) is 16.9. The van der Waals surface area contributed by atoms with E-state index in [-0.39, 0.29) is 17.0 Å². The maximum atomic E-state index is 12.8. The van der Waals surface area contributed by atoms with Crippen LogP contribution in [-0.4, -0.2) is 53.9 Å². The molecule has 3 aromatic rings. The number of ether oxygens (including phenoxy) is 3. The number of carbonyl (C=O) groups is 1. The lowest BCUT2D eigenvalue weighted by Gasteiger charge is -2.13. The molecular weight excluding hydrogens is 484 g/mol. The van der Waals surface area contributed by atoms with Crippen LogP contribution in [0.4, 0.5) is 5.69 Å². The molecule has 0 aromatic heterocycles. The first-order chi connectivity index (χ1) is 17.3. The summed E-state index contributed by atoms with van der Waals surface area (Å²) < 4.78 is 43.7. The summed E-state index contributed by atoms with van der Waals surface area (Å²) in [6.45, 7) is 0.602. The van der Waals surface area contributed by atoms with E-state index in [1.54, 1.807) is 39.5 Å². The van der Waals surface area contributed by atoms with Crippen molar-refractivity contribution in [2.45, 2.75) is 17.7 Å². The lowest BCUT2D eigenvalue weighted by molar-refractivity contribution is 0.0697. The minimum absolute atomic E-state index is 0.111. The maximum Gasteiger partial charge on any atom is 0.337 e. The van der Waals surface area contributed by atoms with Crippen molar-refractivity contribution in [2.75, 3.05) is 39.7 Å². The second kappa shape index (κ2) is 12.3. The Labute approximate surface area is 211 Å². The highest BCUT2D eigenvalue weighted by Crippen LogP contribution is 2.28. The third-order valence-electron chi connectivity index (χ3n) is 5.57. The molecule has 3 N–H and O–H groups in total. The number of rotatable bonds is 13. The van der Waals surface area contributed by atoms with E-state index in [9.17, 15) is 18.3 Å². The number of carboxylic acids is 1. The standard InChI is InChI=1S/C26H30N2O7S/c1-33-20-7-4-18(5-8-20)13-15-28-36(31,32)21-9-10-23(22(17-21)26(29)30)27-14-12-19-6-11-24(34-2)25(16-19)35-3/h4-11,16-17,27-28H,12-15H2,1-3H3,(H,29,30). The molecule has 9 nitrogen and oxygen atoms in total. The largest absolute Gasteiger partial charge is 0.497 e. The van der Waals surface area contributed by atoms with Gasteiger partial charge in [0.2, 0.25) is 10.0 Å². The Hall–Kier alpha value is -3.76. The van der Waals surface area contributed by atoms with Crippen molar-refractivity contribution in [3.63, 3.8) is 0 Å². The van der Waals surface area contributed by atoms with Crippen LogP contribution >= 0.6 is 0 Å². The Morgan fingerprint density at radius 1 is 0.806 bits per heavy atom. The summed E-state index contributed by atoms with van der Waals surface area (Å²) in [5, 5.41) is 12.8. The lowest BCUT2D eigenvalue weighted by atomic mass is 10.1. The molecule has 0 aliphatic carbocycles. The van der Waals surface area contributed by atoms with Gasteiger partial charge in [0, 0.05) is 18.8 Å². The van der Waals surface area contributed by atoms with Gasteiger partial charge in [0.15, 0.2) is 11.5 Å². The van der Waals surface area contributed by atoms with Crippen molar-refractivity contribution in [1.29, 1.82) is 0 Å².